The third kappa shape index (κ3) is 2.53. The smallest absolute Gasteiger partial charge is 0.223 e. The van der Waals surface area contributed by atoms with Crippen LogP contribution < -0.4 is 5.73 Å². The average Bonchev–Trinajstić information content (AvgIpc) is 2.23. The van der Waals surface area contributed by atoms with Crippen molar-refractivity contribution in [3.05, 3.63) is 30.1 Å². The van der Waals surface area contributed by atoms with Crippen LogP contribution in [-0.2, 0) is 11.2 Å². The van der Waals surface area contributed by atoms with Crippen LogP contribution in [0.4, 0.5) is 0 Å². The van der Waals surface area contributed by atoms with Crippen molar-refractivity contribution < 1.29 is 4.79 Å². The largest absolute Gasteiger partial charge is 0.339 e. The molecular formula is C11H15N3O. The quantitative estimate of drug-likeness (QED) is 0.766. The van der Waals surface area contributed by atoms with Crippen LogP contribution in [0.2, 0.25) is 0 Å². The second-order valence-electron chi connectivity index (χ2n) is 3.91. The Morgan fingerprint density at radius 1 is 1.47 bits per heavy atom. The van der Waals surface area contributed by atoms with Crippen molar-refractivity contribution in [1.29, 1.82) is 0 Å². The molecular weight excluding hydrogens is 190 g/mol. The number of carbonyl (C=O) groups is 1. The molecule has 0 saturated carbocycles. The number of hydrogen-bond acceptors (Lipinski definition) is 3. The van der Waals surface area contributed by atoms with Crippen molar-refractivity contribution in [1.82, 2.24) is 9.88 Å². The van der Waals surface area contributed by atoms with Crippen LogP contribution in [0.1, 0.15) is 12.0 Å². The monoisotopic (exact) mass is 205 g/mol. The predicted octanol–water partition coefficient (Wildman–Crippen LogP) is 0.184. The van der Waals surface area contributed by atoms with Gasteiger partial charge in [0.05, 0.1) is 0 Å². The van der Waals surface area contributed by atoms with Crippen LogP contribution in [0.3, 0.4) is 0 Å². The van der Waals surface area contributed by atoms with Gasteiger partial charge in [-0.3, -0.25) is 9.78 Å². The predicted molar refractivity (Wildman–Crippen MR) is 57.1 cm³/mol. The van der Waals surface area contributed by atoms with Crippen molar-refractivity contribution in [3.63, 3.8) is 0 Å². The van der Waals surface area contributed by atoms with E-state index >= 15 is 0 Å². The lowest BCUT2D eigenvalue weighted by atomic mass is 10.1. The van der Waals surface area contributed by atoms with E-state index in [1.165, 1.54) is 0 Å². The number of carbonyl (C=O) groups excluding carboxylic acids is 1. The molecule has 0 radical (unpaired) electrons. The van der Waals surface area contributed by atoms with E-state index in [4.69, 9.17) is 5.73 Å². The third-order valence-electron chi connectivity index (χ3n) is 2.64. The molecule has 0 spiro atoms. The summed E-state index contributed by atoms with van der Waals surface area (Å²) < 4.78 is 0. The Hall–Kier alpha value is -1.42. The van der Waals surface area contributed by atoms with Crippen molar-refractivity contribution in [2.24, 2.45) is 5.73 Å². The molecule has 0 atom stereocenters. The van der Waals surface area contributed by atoms with Gasteiger partial charge in [0.2, 0.25) is 5.91 Å². The van der Waals surface area contributed by atoms with E-state index in [2.05, 4.69) is 4.98 Å². The first-order valence-electron chi connectivity index (χ1n) is 5.18. The summed E-state index contributed by atoms with van der Waals surface area (Å²) in [6.45, 7) is 1.43. The van der Waals surface area contributed by atoms with E-state index in [1.54, 1.807) is 12.4 Å². The number of nitrogens with two attached hydrogens (primary N) is 1. The van der Waals surface area contributed by atoms with Crippen molar-refractivity contribution in [2.45, 2.75) is 18.9 Å². The van der Waals surface area contributed by atoms with Gasteiger partial charge in [-0.2, -0.15) is 0 Å². The maximum absolute atomic E-state index is 11.6. The lowest BCUT2D eigenvalue weighted by Crippen LogP contribution is -2.57. The second-order valence-corrected chi connectivity index (χ2v) is 3.91. The van der Waals surface area contributed by atoms with Crippen molar-refractivity contribution in [2.75, 3.05) is 13.1 Å². The molecule has 2 N–H and O–H groups in total. The Morgan fingerprint density at radius 2 is 2.13 bits per heavy atom. The van der Waals surface area contributed by atoms with E-state index in [1.807, 2.05) is 17.0 Å². The molecule has 1 saturated heterocycles. The molecule has 4 nitrogen and oxygen atoms in total. The topological polar surface area (TPSA) is 59.2 Å². The minimum atomic E-state index is 0.190. The van der Waals surface area contributed by atoms with E-state index in [0.29, 0.717) is 6.42 Å². The summed E-state index contributed by atoms with van der Waals surface area (Å²) in [5.74, 6) is 0.202. The zero-order chi connectivity index (χ0) is 10.7. The SMILES string of the molecule is NC1CN(C(=O)CCc2ccncc2)C1. The van der Waals surface area contributed by atoms with Crippen molar-refractivity contribution in [3.8, 4) is 0 Å². The van der Waals surface area contributed by atoms with Gasteiger partial charge in [0.15, 0.2) is 0 Å². The Balaban J connectivity index is 1.76. The van der Waals surface area contributed by atoms with Gasteiger partial charge in [0.1, 0.15) is 0 Å². The van der Waals surface area contributed by atoms with E-state index < -0.39 is 0 Å². The Bertz CT molecular complexity index is 333. The molecule has 1 amide bonds. The lowest BCUT2D eigenvalue weighted by molar-refractivity contribution is -0.135. The van der Waals surface area contributed by atoms with Gasteiger partial charge >= 0.3 is 0 Å². The fourth-order valence-corrected chi connectivity index (χ4v) is 1.68. The minimum absolute atomic E-state index is 0.190. The van der Waals surface area contributed by atoms with Crippen LogP contribution in [0, 0.1) is 0 Å². The summed E-state index contributed by atoms with van der Waals surface area (Å²) in [7, 11) is 0. The van der Waals surface area contributed by atoms with E-state index in [-0.39, 0.29) is 11.9 Å². The van der Waals surface area contributed by atoms with Crippen LogP contribution in [0.25, 0.3) is 0 Å². The zero-order valence-electron chi connectivity index (χ0n) is 8.60. The summed E-state index contributed by atoms with van der Waals surface area (Å²) in [6.07, 6.45) is 4.85. The van der Waals surface area contributed by atoms with Gasteiger partial charge in [-0.05, 0) is 24.1 Å². The number of pyridine rings is 1. The summed E-state index contributed by atoms with van der Waals surface area (Å²) in [6, 6.07) is 4.07. The maximum Gasteiger partial charge on any atom is 0.223 e. The highest BCUT2D eigenvalue weighted by molar-refractivity contribution is 5.77. The van der Waals surface area contributed by atoms with Crippen LogP contribution >= 0.6 is 0 Å². The van der Waals surface area contributed by atoms with Gasteiger partial charge < -0.3 is 10.6 Å². The van der Waals surface area contributed by atoms with Gasteiger partial charge in [0.25, 0.3) is 0 Å². The molecule has 1 fully saturated rings. The van der Waals surface area contributed by atoms with Gasteiger partial charge in [0, 0.05) is 37.9 Å². The lowest BCUT2D eigenvalue weighted by Gasteiger charge is -2.36. The molecule has 1 aliphatic heterocycles. The molecule has 0 aromatic carbocycles. The molecule has 0 unspecified atom stereocenters. The number of amides is 1. The van der Waals surface area contributed by atoms with Gasteiger partial charge in [-0.25, -0.2) is 0 Å². The Morgan fingerprint density at radius 3 is 2.73 bits per heavy atom. The number of likely N-dealkylation sites (tertiary alicyclic amines) is 1. The number of aryl methyl sites for hydroxylation is 1. The zero-order valence-corrected chi connectivity index (χ0v) is 8.60. The molecule has 2 heterocycles. The van der Waals surface area contributed by atoms with Crippen LogP contribution in [0.15, 0.2) is 24.5 Å². The van der Waals surface area contributed by atoms with Gasteiger partial charge in [-0.1, -0.05) is 0 Å². The molecule has 0 aliphatic carbocycles. The molecule has 4 heteroatoms. The normalized spacial score (nSPS) is 16.2. The molecule has 2 rings (SSSR count). The average molecular weight is 205 g/mol. The van der Waals surface area contributed by atoms with E-state index in [9.17, 15) is 4.79 Å². The number of nitrogens with zero attached hydrogens (tertiary/aromatic N) is 2. The fourth-order valence-electron chi connectivity index (χ4n) is 1.68. The molecule has 1 aromatic rings. The standard InChI is InChI=1S/C11H15N3O/c12-10-7-14(8-10)11(15)2-1-9-3-5-13-6-4-9/h3-6,10H,1-2,7-8,12H2. The summed E-state index contributed by atoms with van der Waals surface area (Å²) in [4.78, 5) is 17.3. The minimum Gasteiger partial charge on any atom is -0.339 e. The van der Waals surface area contributed by atoms with E-state index in [0.717, 1.165) is 25.1 Å². The summed E-state index contributed by atoms with van der Waals surface area (Å²) in [5.41, 5.74) is 6.77. The number of hydrogen-bond donors (Lipinski definition) is 1. The van der Waals surface area contributed by atoms with Crippen LogP contribution in [0.5, 0.6) is 0 Å². The van der Waals surface area contributed by atoms with Crippen LogP contribution in [-0.4, -0.2) is 34.9 Å². The highest BCUT2D eigenvalue weighted by Gasteiger charge is 2.26. The summed E-state index contributed by atoms with van der Waals surface area (Å²) >= 11 is 0. The highest BCUT2D eigenvalue weighted by Crippen LogP contribution is 2.09. The maximum atomic E-state index is 11.6. The first kappa shape index (κ1) is 10.1. The second kappa shape index (κ2) is 4.40. The van der Waals surface area contributed by atoms with Crippen molar-refractivity contribution >= 4 is 5.91 Å². The third-order valence-corrected chi connectivity index (χ3v) is 2.64. The molecule has 0 bridgehead atoms. The Kier molecular flexibility index (Phi) is 2.97. The fraction of sp³-hybridized carbons (Fsp3) is 0.455. The first-order chi connectivity index (χ1) is 7.25. The Labute approximate surface area is 89.1 Å². The molecule has 80 valence electrons. The first-order valence-corrected chi connectivity index (χ1v) is 5.18. The molecule has 1 aromatic heterocycles. The highest BCUT2D eigenvalue weighted by atomic mass is 16.2. The number of rotatable bonds is 3. The van der Waals surface area contributed by atoms with Gasteiger partial charge in [-0.15, -0.1) is 0 Å². The molecule has 15 heavy (non-hydrogen) atoms. The molecule has 1 aliphatic rings. The summed E-state index contributed by atoms with van der Waals surface area (Å²) in [5, 5.41) is 0. The number of aromatic nitrogens is 1.